The SMILES string of the molecule is Cc1ccc(C=Cc2cccc[n+]2C)c(C)c1. The number of hydrogen-bond acceptors (Lipinski definition) is 0. The van der Waals surface area contributed by atoms with Gasteiger partial charge in [-0.2, -0.15) is 0 Å². The van der Waals surface area contributed by atoms with Crippen LogP contribution < -0.4 is 4.57 Å². The van der Waals surface area contributed by atoms with Crippen molar-refractivity contribution in [3.63, 3.8) is 0 Å². The third-order valence-corrected chi connectivity index (χ3v) is 2.95. The van der Waals surface area contributed by atoms with E-state index < -0.39 is 0 Å². The first-order chi connectivity index (χ1) is 8.16. The molecule has 17 heavy (non-hydrogen) atoms. The maximum Gasteiger partial charge on any atom is 0.204 e. The summed E-state index contributed by atoms with van der Waals surface area (Å²) in [5, 5.41) is 0. The van der Waals surface area contributed by atoms with Crippen molar-refractivity contribution in [2.24, 2.45) is 7.05 Å². The Balaban J connectivity index is 2.29. The summed E-state index contributed by atoms with van der Waals surface area (Å²) in [7, 11) is 2.06. The van der Waals surface area contributed by atoms with Crippen LogP contribution in [0.3, 0.4) is 0 Å². The molecule has 0 fully saturated rings. The van der Waals surface area contributed by atoms with Gasteiger partial charge in [0.15, 0.2) is 6.20 Å². The molecule has 1 aromatic heterocycles. The smallest absolute Gasteiger partial charge is 0.202 e. The molecule has 86 valence electrons. The van der Waals surface area contributed by atoms with Crippen molar-refractivity contribution in [3.8, 4) is 0 Å². The predicted octanol–water partition coefficient (Wildman–Crippen LogP) is 3.30. The molecule has 0 aliphatic heterocycles. The van der Waals surface area contributed by atoms with Crippen LogP contribution in [0.15, 0.2) is 42.6 Å². The van der Waals surface area contributed by atoms with E-state index in [1.54, 1.807) is 0 Å². The highest BCUT2D eigenvalue weighted by Crippen LogP contribution is 2.13. The van der Waals surface area contributed by atoms with Gasteiger partial charge < -0.3 is 0 Å². The third kappa shape index (κ3) is 2.82. The van der Waals surface area contributed by atoms with Gasteiger partial charge in [-0.05, 0) is 37.1 Å². The normalized spacial score (nSPS) is 11.0. The molecule has 0 radical (unpaired) electrons. The van der Waals surface area contributed by atoms with Crippen molar-refractivity contribution in [2.45, 2.75) is 13.8 Å². The molecule has 2 aromatic rings. The highest BCUT2D eigenvalue weighted by atomic mass is 14.9. The number of hydrogen-bond donors (Lipinski definition) is 0. The summed E-state index contributed by atoms with van der Waals surface area (Å²) in [4.78, 5) is 0. The van der Waals surface area contributed by atoms with Crippen molar-refractivity contribution < 1.29 is 4.57 Å². The molecule has 0 bridgehead atoms. The van der Waals surface area contributed by atoms with Crippen LogP contribution in [0.4, 0.5) is 0 Å². The molecular formula is C16H18N+. The minimum Gasteiger partial charge on any atom is -0.202 e. The Morgan fingerprint density at radius 2 is 1.82 bits per heavy atom. The number of rotatable bonds is 2. The van der Waals surface area contributed by atoms with Crippen LogP contribution in [0.25, 0.3) is 12.2 Å². The molecular weight excluding hydrogens is 206 g/mol. The summed E-state index contributed by atoms with van der Waals surface area (Å²) in [6, 6.07) is 12.7. The van der Waals surface area contributed by atoms with E-state index in [4.69, 9.17) is 0 Å². The zero-order chi connectivity index (χ0) is 12.3. The monoisotopic (exact) mass is 224 g/mol. The molecule has 0 saturated carbocycles. The third-order valence-electron chi connectivity index (χ3n) is 2.95. The Hall–Kier alpha value is -1.89. The van der Waals surface area contributed by atoms with E-state index >= 15 is 0 Å². The van der Waals surface area contributed by atoms with E-state index in [0.29, 0.717) is 0 Å². The molecule has 2 rings (SSSR count). The maximum absolute atomic E-state index is 2.21. The Bertz CT molecular complexity index is 553. The van der Waals surface area contributed by atoms with Gasteiger partial charge in [-0.15, -0.1) is 0 Å². The second-order valence-electron chi connectivity index (χ2n) is 4.43. The molecule has 0 aliphatic rings. The number of benzene rings is 1. The fraction of sp³-hybridized carbons (Fsp3) is 0.188. The number of aryl methyl sites for hydroxylation is 3. The van der Waals surface area contributed by atoms with Crippen molar-refractivity contribution in [1.82, 2.24) is 0 Å². The van der Waals surface area contributed by atoms with Crippen LogP contribution >= 0.6 is 0 Å². The van der Waals surface area contributed by atoms with E-state index in [0.717, 1.165) is 0 Å². The lowest BCUT2D eigenvalue weighted by atomic mass is 10.1. The quantitative estimate of drug-likeness (QED) is 0.689. The first-order valence-electron chi connectivity index (χ1n) is 5.87. The number of pyridine rings is 1. The molecule has 1 nitrogen and oxygen atoms in total. The Labute approximate surface area is 103 Å². The molecule has 0 saturated heterocycles. The zero-order valence-electron chi connectivity index (χ0n) is 10.6. The van der Waals surface area contributed by atoms with Gasteiger partial charge in [-0.3, -0.25) is 0 Å². The minimum atomic E-state index is 1.20. The van der Waals surface area contributed by atoms with Gasteiger partial charge in [0.05, 0.1) is 0 Å². The fourth-order valence-electron chi connectivity index (χ4n) is 1.90. The van der Waals surface area contributed by atoms with Gasteiger partial charge in [0, 0.05) is 18.2 Å². The molecule has 0 unspecified atom stereocenters. The van der Waals surface area contributed by atoms with Crippen LogP contribution in [0, 0.1) is 13.8 Å². The van der Waals surface area contributed by atoms with Crippen molar-refractivity contribution in [1.29, 1.82) is 0 Å². The van der Waals surface area contributed by atoms with Crippen LogP contribution in [-0.4, -0.2) is 0 Å². The van der Waals surface area contributed by atoms with Gasteiger partial charge in [-0.1, -0.05) is 23.8 Å². The molecule has 0 N–H and O–H groups in total. The van der Waals surface area contributed by atoms with Crippen LogP contribution in [0.5, 0.6) is 0 Å². The molecule has 0 amide bonds. The summed E-state index contributed by atoms with van der Waals surface area (Å²) in [6.45, 7) is 4.27. The average Bonchev–Trinajstić information content (AvgIpc) is 2.30. The fourth-order valence-corrected chi connectivity index (χ4v) is 1.90. The lowest BCUT2D eigenvalue weighted by Crippen LogP contribution is -2.30. The molecule has 0 atom stereocenters. The van der Waals surface area contributed by atoms with Crippen LogP contribution in [-0.2, 0) is 7.05 Å². The zero-order valence-corrected chi connectivity index (χ0v) is 10.6. The second kappa shape index (κ2) is 4.96. The maximum atomic E-state index is 2.21. The molecule has 1 heteroatoms. The highest BCUT2D eigenvalue weighted by Gasteiger charge is 2.00. The van der Waals surface area contributed by atoms with Crippen molar-refractivity contribution in [3.05, 3.63) is 65.0 Å². The standard InChI is InChI=1S/C16H18N/c1-13-7-8-15(14(2)12-13)9-10-16-6-4-5-11-17(16)3/h4-12H,1-3H3/q+1. The Kier molecular flexibility index (Phi) is 3.38. The lowest BCUT2D eigenvalue weighted by molar-refractivity contribution is -0.673. The summed E-state index contributed by atoms with van der Waals surface area (Å²) < 4.78 is 2.11. The van der Waals surface area contributed by atoms with Gasteiger partial charge in [0.1, 0.15) is 7.05 Å². The lowest BCUT2D eigenvalue weighted by Gasteiger charge is -2.01. The van der Waals surface area contributed by atoms with E-state index in [1.165, 1.54) is 22.4 Å². The van der Waals surface area contributed by atoms with Gasteiger partial charge in [0.25, 0.3) is 0 Å². The van der Waals surface area contributed by atoms with Gasteiger partial charge in [0.2, 0.25) is 5.69 Å². The van der Waals surface area contributed by atoms with Crippen LogP contribution in [0.2, 0.25) is 0 Å². The number of nitrogens with zero attached hydrogens (tertiary/aromatic N) is 1. The molecule has 0 aliphatic carbocycles. The largest absolute Gasteiger partial charge is 0.204 e. The topological polar surface area (TPSA) is 3.88 Å². The average molecular weight is 224 g/mol. The first kappa shape index (κ1) is 11.6. The van der Waals surface area contributed by atoms with E-state index in [2.05, 4.69) is 74.1 Å². The number of aromatic nitrogens is 1. The summed E-state index contributed by atoms with van der Waals surface area (Å²) in [6.07, 6.45) is 6.38. The summed E-state index contributed by atoms with van der Waals surface area (Å²) >= 11 is 0. The summed E-state index contributed by atoms with van der Waals surface area (Å²) in [5.41, 5.74) is 5.11. The molecule has 1 aromatic carbocycles. The molecule has 1 heterocycles. The van der Waals surface area contributed by atoms with Crippen molar-refractivity contribution in [2.75, 3.05) is 0 Å². The van der Waals surface area contributed by atoms with Gasteiger partial charge in [-0.25, -0.2) is 4.57 Å². The first-order valence-corrected chi connectivity index (χ1v) is 5.87. The second-order valence-corrected chi connectivity index (χ2v) is 4.43. The Morgan fingerprint density at radius 1 is 1.00 bits per heavy atom. The highest BCUT2D eigenvalue weighted by molar-refractivity contribution is 5.68. The minimum absolute atomic E-state index is 1.20. The predicted molar refractivity (Wildman–Crippen MR) is 72.5 cm³/mol. The van der Waals surface area contributed by atoms with E-state index in [-0.39, 0.29) is 0 Å². The van der Waals surface area contributed by atoms with Crippen molar-refractivity contribution >= 4 is 12.2 Å². The molecule has 0 spiro atoms. The van der Waals surface area contributed by atoms with Gasteiger partial charge >= 0.3 is 0 Å². The summed E-state index contributed by atoms with van der Waals surface area (Å²) in [5.74, 6) is 0. The van der Waals surface area contributed by atoms with Crippen LogP contribution in [0.1, 0.15) is 22.4 Å². The van der Waals surface area contributed by atoms with E-state index in [9.17, 15) is 0 Å². The van der Waals surface area contributed by atoms with E-state index in [1.807, 2.05) is 6.07 Å². The Morgan fingerprint density at radius 3 is 2.53 bits per heavy atom.